The van der Waals surface area contributed by atoms with Gasteiger partial charge in [0.25, 0.3) is 0 Å². The lowest BCUT2D eigenvalue weighted by Gasteiger charge is -2.24. The molecule has 2 unspecified atom stereocenters. The van der Waals surface area contributed by atoms with Gasteiger partial charge < -0.3 is 15.7 Å². The molecule has 0 saturated heterocycles. The molecule has 0 radical (unpaired) electrons. The maximum Gasteiger partial charge on any atom is 0.237 e. The molecule has 0 fully saturated rings. The van der Waals surface area contributed by atoms with Crippen LogP contribution >= 0.6 is 0 Å². The molecule has 2 atom stereocenters. The Hall–Kier alpha value is -1.53. The molecule has 0 aliphatic carbocycles. The first-order valence-corrected chi connectivity index (χ1v) is 6.79. The average Bonchev–Trinajstić information content (AvgIpc) is 2.33. The third-order valence-corrected chi connectivity index (χ3v) is 2.84. The molecule has 3 N–H and O–H groups in total. The highest BCUT2D eigenvalue weighted by Gasteiger charge is 2.22. The predicted molar refractivity (Wildman–Crippen MR) is 76.7 cm³/mol. The molecule has 0 bridgehead atoms. The molecule has 118 valence electrons. The summed E-state index contributed by atoms with van der Waals surface area (Å²) in [5.41, 5.74) is -0.767. The standard InChI is InChI=1S/C15H22F2N2O2/c1-9(14(21)19-15(2,3)4)18-8-12(20)13-10(16)6-5-7-11(13)17/h5-7,9,12,18,20H,8H2,1-4H3,(H,19,21). The molecular weight excluding hydrogens is 278 g/mol. The van der Waals surface area contributed by atoms with Crippen LogP contribution in [0.1, 0.15) is 39.4 Å². The van der Waals surface area contributed by atoms with Crippen LogP contribution in [-0.2, 0) is 4.79 Å². The molecule has 0 spiro atoms. The van der Waals surface area contributed by atoms with Gasteiger partial charge >= 0.3 is 0 Å². The van der Waals surface area contributed by atoms with Gasteiger partial charge in [-0.05, 0) is 39.8 Å². The summed E-state index contributed by atoms with van der Waals surface area (Å²) in [6.45, 7) is 7.03. The Bertz CT molecular complexity index is 481. The van der Waals surface area contributed by atoms with Crippen molar-refractivity contribution < 1.29 is 18.7 Å². The molecule has 1 amide bonds. The lowest BCUT2D eigenvalue weighted by atomic mass is 10.1. The Morgan fingerprint density at radius 2 is 1.81 bits per heavy atom. The Kier molecular flexibility index (Phi) is 5.80. The fourth-order valence-corrected chi connectivity index (χ4v) is 1.79. The molecule has 21 heavy (non-hydrogen) atoms. The Labute approximate surface area is 123 Å². The van der Waals surface area contributed by atoms with E-state index < -0.39 is 29.3 Å². The summed E-state index contributed by atoms with van der Waals surface area (Å²) in [6, 6.07) is 2.80. The van der Waals surface area contributed by atoms with Gasteiger partial charge in [0, 0.05) is 12.1 Å². The average molecular weight is 300 g/mol. The van der Waals surface area contributed by atoms with Crippen molar-refractivity contribution in [1.82, 2.24) is 10.6 Å². The lowest BCUT2D eigenvalue weighted by Crippen LogP contribution is -2.50. The molecule has 4 nitrogen and oxygen atoms in total. The Morgan fingerprint density at radius 1 is 1.29 bits per heavy atom. The number of carbonyl (C=O) groups is 1. The normalized spacial score (nSPS) is 14.6. The number of halogens is 2. The molecule has 1 aromatic rings. The number of hydrogen-bond donors (Lipinski definition) is 3. The third-order valence-electron chi connectivity index (χ3n) is 2.84. The van der Waals surface area contributed by atoms with Crippen LogP contribution in [0.2, 0.25) is 0 Å². The van der Waals surface area contributed by atoms with Crippen LogP contribution in [0.3, 0.4) is 0 Å². The molecule has 0 heterocycles. The molecule has 1 aromatic carbocycles. The highest BCUT2D eigenvalue weighted by atomic mass is 19.1. The Balaban J connectivity index is 2.61. The number of carbonyl (C=O) groups excluding carboxylic acids is 1. The minimum Gasteiger partial charge on any atom is -0.387 e. The van der Waals surface area contributed by atoms with Crippen LogP contribution in [0.4, 0.5) is 8.78 Å². The summed E-state index contributed by atoms with van der Waals surface area (Å²) < 4.78 is 27.0. The highest BCUT2D eigenvalue weighted by molar-refractivity contribution is 5.81. The largest absolute Gasteiger partial charge is 0.387 e. The van der Waals surface area contributed by atoms with Crippen LogP contribution < -0.4 is 10.6 Å². The fourth-order valence-electron chi connectivity index (χ4n) is 1.79. The van der Waals surface area contributed by atoms with E-state index in [0.717, 1.165) is 12.1 Å². The van der Waals surface area contributed by atoms with Crippen LogP contribution in [0.25, 0.3) is 0 Å². The maximum atomic E-state index is 13.5. The number of aliphatic hydroxyl groups is 1. The first-order valence-electron chi connectivity index (χ1n) is 6.79. The van der Waals surface area contributed by atoms with Crippen molar-refractivity contribution in [1.29, 1.82) is 0 Å². The van der Waals surface area contributed by atoms with Gasteiger partial charge in [-0.3, -0.25) is 4.79 Å². The highest BCUT2D eigenvalue weighted by Crippen LogP contribution is 2.20. The monoisotopic (exact) mass is 300 g/mol. The maximum absolute atomic E-state index is 13.5. The number of aliphatic hydroxyl groups excluding tert-OH is 1. The summed E-state index contributed by atoms with van der Waals surface area (Å²) in [5, 5.41) is 15.4. The number of amides is 1. The summed E-state index contributed by atoms with van der Waals surface area (Å²) in [6.07, 6.45) is -1.36. The molecule has 6 heteroatoms. The van der Waals surface area contributed by atoms with Crippen molar-refractivity contribution in [3.8, 4) is 0 Å². The van der Waals surface area contributed by atoms with Gasteiger partial charge in [-0.25, -0.2) is 8.78 Å². The molecule has 0 aliphatic rings. The van der Waals surface area contributed by atoms with E-state index in [9.17, 15) is 18.7 Å². The second-order valence-corrected chi connectivity index (χ2v) is 6.02. The topological polar surface area (TPSA) is 61.4 Å². The zero-order valence-electron chi connectivity index (χ0n) is 12.7. The van der Waals surface area contributed by atoms with E-state index in [-0.39, 0.29) is 18.0 Å². The number of benzene rings is 1. The molecule has 0 aromatic heterocycles. The van der Waals surface area contributed by atoms with Gasteiger partial charge in [0.05, 0.1) is 17.7 Å². The van der Waals surface area contributed by atoms with E-state index in [1.165, 1.54) is 6.07 Å². The zero-order chi connectivity index (χ0) is 16.2. The van der Waals surface area contributed by atoms with E-state index in [0.29, 0.717) is 0 Å². The second kappa shape index (κ2) is 6.95. The van der Waals surface area contributed by atoms with Crippen molar-refractivity contribution in [2.45, 2.75) is 45.4 Å². The quantitative estimate of drug-likeness (QED) is 0.778. The van der Waals surface area contributed by atoms with Crippen molar-refractivity contribution >= 4 is 5.91 Å². The fraction of sp³-hybridized carbons (Fsp3) is 0.533. The summed E-state index contributed by atoms with van der Waals surface area (Å²) >= 11 is 0. The minimum absolute atomic E-state index is 0.128. The molecule has 1 rings (SSSR count). The van der Waals surface area contributed by atoms with Crippen LogP contribution in [0.15, 0.2) is 18.2 Å². The SMILES string of the molecule is CC(NCC(O)c1c(F)cccc1F)C(=O)NC(C)(C)C. The van der Waals surface area contributed by atoms with E-state index in [1.54, 1.807) is 6.92 Å². The zero-order valence-corrected chi connectivity index (χ0v) is 12.7. The van der Waals surface area contributed by atoms with Gasteiger partial charge in [0.2, 0.25) is 5.91 Å². The second-order valence-electron chi connectivity index (χ2n) is 6.02. The number of nitrogens with one attached hydrogen (secondary N) is 2. The molecule has 0 saturated carbocycles. The van der Waals surface area contributed by atoms with E-state index in [2.05, 4.69) is 10.6 Å². The number of rotatable bonds is 5. The third kappa shape index (κ3) is 5.40. The van der Waals surface area contributed by atoms with Crippen molar-refractivity contribution in [3.63, 3.8) is 0 Å². The smallest absolute Gasteiger partial charge is 0.237 e. The predicted octanol–water partition coefficient (Wildman–Crippen LogP) is 1.89. The molecular formula is C15H22F2N2O2. The lowest BCUT2D eigenvalue weighted by molar-refractivity contribution is -0.124. The summed E-state index contributed by atoms with van der Waals surface area (Å²) in [7, 11) is 0. The first kappa shape index (κ1) is 17.5. The van der Waals surface area contributed by atoms with E-state index >= 15 is 0 Å². The summed E-state index contributed by atoms with van der Waals surface area (Å²) in [5.74, 6) is -1.86. The number of hydrogen-bond acceptors (Lipinski definition) is 3. The Morgan fingerprint density at radius 3 is 2.29 bits per heavy atom. The van der Waals surface area contributed by atoms with Crippen molar-refractivity contribution in [3.05, 3.63) is 35.4 Å². The minimum atomic E-state index is -1.36. The van der Waals surface area contributed by atoms with Crippen molar-refractivity contribution in [2.24, 2.45) is 0 Å². The summed E-state index contributed by atoms with van der Waals surface area (Å²) in [4.78, 5) is 11.8. The van der Waals surface area contributed by atoms with Crippen molar-refractivity contribution in [2.75, 3.05) is 6.54 Å². The van der Waals surface area contributed by atoms with Gasteiger partial charge in [0.15, 0.2) is 0 Å². The molecule has 0 aliphatic heterocycles. The van der Waals surface area contributed by atoms with Crippen LogP contribution in [-0.4, -0.2) is 29.1 Å². The van der Waals surface area contributed by atoms with Gasteiger partial charge in [-0.15, -0.1) is 0 Å². The van der Waals surface area contributed by atoms with E-state index in [4.69, 9.17) is 0 Å². The van der Waals surface area contributed by atoms with Crippen LogP contribution in [0, 0.1) is 11.6 Å². The first-order chi connectivity index (χ1) is 9.61. The van der Waals surface area contributed by atoms with Crippen LogP contribution in [0.5, 0.6) is 0 Å². The van der Waals surface area contributed by atoms with Gasteiger partial charge in [-0.2, -0.15) is 0 Å². The van der Waals surface area contributed by atoms with Gasteiger partial charge in [-0.1, -0.05) is 6.07 Å². The van der Waals surface area contributed by atoms with Gasteiger partial charge in [0.1, 0.15) is 11.6 Å². The van der Waals surface area contributed by atoms with E-state index in [1.807, 2.05) is 20.8 Å².